The lowest BCUT2D eigenvalue weighted by atomic mass is 9.40. The Balaban J connectivity index is 1.02. The molecular formula is C51H62. The lowest BCUT2D eigenvalue weighted by molar-refractivity contribution is -0.169. The van der Waals surface area contributed by atoms with Gasteiger partial charge in [0.25, 0.3) is 0 Å². The zero-order valence-electron chi connectivity index (χ0n) is 31.3. The molecule has 0 heterocycles. The summed E-state index contributed by atoms with van der Waals surface area (Å²) in [5.74, 6) is 17.7. The predicted octanol–water partition coefficient (Wildman–Crippen LogP) is 13.0. The van der Waals surface area contributed by atoms with Gasteiger partial charge in [-0.2, -0.15) is 0 Å². The van der Waals surface area contributed by atoms with Gasteiger partial charge in [-0.25, -0.2) is 0 Å². The van der Waals surface area contributed by atoms with Crippen molar-refractivity contribution in [3.63, 3.8) is 0 Å². The average Bonchev–Trinajstić information content (AvgIpc) is 3.77. The molecular weight excluding hydrogens is 613 g/mol. The van der Waals surface area contributed by atoms with Gasteiger partial charge in [0.2, 0.25) is 0 Å². The Bertz CT molecular complexity index is 1730. The summed E-state index contributed by atoms with van der Waals surface area (Å²) >= 11 is 0. The van der Waals surface area contributed by atoms with Gasteiger partial charge >= 0.3 is 0 Å². The van der Waals surface area contributed by atoms with Gasteiger partial charge in [-0.1, -0.05) is 97.3 Å². The standard InChI is InChI=1S/C51H62/c1-29-15-17-33(18-16-29)45-36-13-7-8-14-37(36)48(35-12-6-5-11-34(35)30-9-3-2-4-10-30)51-43-28-26-41-39-24-22-32-20-19-31-21-23-38(46(39)44(31)32)40-25-27-42(50(45)51)49(43)47(40)41/h2-6,9-12,15-18,31-32,36-51H,7-8,13-14,19-28H2,1H3. The summed E-state index contributed by atoms with van der Waals surface area (Å²) in [7, 11) is 0. The van der Waals surface area contributed by atoms with E-state index in [0.717, 1.165) is 107 Å². The molecule has 0 amide bonds. The molecule has 12 rings (SSSR count). The second-order valence-corrected chi connectivity index (χ2v) is 20.4. The first-order valence-electron chi connectivity index (χ1n) is 22.5. The van der Waals surface area contributed by atoms with Crippen LogP contribution in [0.4, 0.5) is 0 Å². The quantitative estimate of drug-likeness (QED) is 0.259. The molecule has 0 N–H and O–H groups in total. The molecule has 0 spiro atoms. The number of hydrogen-bond donors (Lipinski definition) is 0. The summed E-state index contributed by atoms with van der Waals surface area (Å²) in [6.07, 6.45) is 21.7. The molecule has 9 aliphatic carbocycles. The third-order valence-corrected chi connectivity index (χ3v) is 19.3. The highest BCUT2D eigenvalue weighted by Crippen LogP contribution is 2.77. The first kappa shape index (κ1) is 31.1. The van der Waals surface area contributed by atoms with Crippen LogP contribution in [0, 0.1) is 102 Å². The molecule has 0 aromatic heterocycles. The number of fused-ring (bicyclic) bond motifs is 6. The van der Waals surface area contributed by atoms with Crippen LogP contribution in [0.1, 0.15) is 118 Å². The molecule has 266 valence electrons. The summed E-state index contributed by atoms with van der Waals surface area (Å²) in [5, 5.41) is 0. The Kier molecular flexibility index (Phi) is 7.20. The van der Waals surface area contributed by atoms with E-state index in [1.54, 1.807) is 80.9 Å². The molecule has 0 saturated heterocycles. The van der Waals surface area contributed by atoms with E-state index in [1.807, 2.05) is 0 Å². The van der Waals surface area contributed by atoms with Crippen LogP contribution in [0.3, 0.4) is 0 Å². The summed E-state index contributed by atoms with van der Waals surface area (Å²) in [6.45, 7) is 2.31. The molecule has 9 fully saturated rings. The van der Waals surface area contributed by atoms with Gasteiger partial charge < -0.3 is 0 Å². The maximum atomic E-state index is 2.64. The van der Waals surface area contributed by atoms with Crippen molar-refractivity contribution in [2.24, 2.45) is 94.7 Å². The molecule has 0 aliphatic heterocycles. The highest BCUT2D eigenvalue weighted by molar-refractivity contribution is 5.68. The molecule has 0 radical (unpaired) electrons. The molecule has 9 saturated carbocycles. The first-order valence-corrected chi connectivity index (χ1v) is 22.5. The lowest BCUT2D eigenvalue weighted by Crippen LogP contribution is -2.59. The maximum Gasteiger partial charge on any atom is -0.00905 e. The number of rotatable bonds is 3. The predicted molar refractivity (Wildman–Crippen MR) is 209 cm³/mol. The third-order valence-electron chi connectivity index (χ3n) is 19.3. The topological polar surface area (TPSA) is 0 Å². The summed E-state index contributed by atoms with van der Waals surface area (Å²) in [6, 6.07) is 31.7. The Labute approximate surface area is 309 Å². The molecule has 0 bridgehead atoms. The fourth-order valence-electron chi connectivity index (χ4n) is 18.4. The average molecular weight is 675 g/mol. The molecule has 0 heteroatoms. The lowest BCUT2D eigenvalue weighted by Gasteiger charge is -2.65. The van der Waals surface area contributed by atoms with Crippen LogP contribution in [0.5, 0.6) is 0 Å². The largest absolute Gasteiger partial charge is 0.0622 e. The molecule has 18 atom stereocenters. The van der Waals surface area contributed by atoms with E-state index in [4.69, 9.17) is 0 Å². The van der Waals surface area contributed by atoms with Gasteiger partial charge in [0.05, 0.1) is 0 Å². The van der Waals surface area contributed by atoms with Crippen molar-refractivity contribution in [2.75, 3.05) is 0 Å². The van der Waals surface area contributed by atoms with Crippen molar-refractivity contribution in [3.8, 4) is 11.1 Å². The van der Waals surface area contributed by atoms with Crippen LogP contribution in [0.2, 0.25) is 0 Å². The minimum atomic E-state index is 0.727. The molecule has 18 unspecified atom stereocenters. The SMILES string of the molecule is Cc1ccc(C2C3CCCCC3C(c3ccccc3-c3ccccc3)C3C4CCC5C6CCC7CCC8CCC(C9CCC(C4C95)C23)C6C87)cc1. The maximum absolute atomic E-state index is 2.64. The van der Waals surface area contributed by atoms with Gasteiger partial charge in [0.1, 0.15) is 0 Å². The highest BCUT2D eigenvalue weighted by Gasteiger charge is 2.70. The van der Waals surface area contributed by atoms with Crippen LogP contribution in [-0.2, 0) is 0 Å². The summed E-state index contributed by atoms with van der Waals surface area (Å²) in [4.78, 5) is 0. The molecule has 3 aromatic rings. The second kappa shape index (κ2) is 11.8. The highest BCUT2D eigenvalue weighted by atomic mass is 14.7. The Morgan fingerprint density at radius 2 is 0.863 bits per heavy atom. The van der Waals surface area contributed by atoms with E-state index in [1.165, 1.54) is 36.8 Å². The number of hydrogen-bond acceptors (Lipinski definition) is 0. The van der Waals surface area contributed by atoms with E-state index < -0.39 is 0 Å². The summed E-state index contributed by atoms with van der Waals surface area (Å²) < 4.78 is 0. The Hall–Kier alpha value is -2.34. The minimum absolute atomic E-state index is 0.727. The van der Waals surface area contributed by atoms with E-state index in [2.05, 4.69) is 85.8 Å². The second-order valence-electron chi connectivity index (χ2n) is 20.4. The smallest absolute Gasteiger partial charge is 0.00905 e. The van der Waals surface area contributed by atoms with Crippen LogP contribution in [-0.4, -0.2) is 0 Å². The van der Waals surface area contributed by atoms with Crippen molar-refractivity contribution in [2.45, 2.75) is 109 Å². The van der Waals surface area contributed by atoms with Crippen LogP contribution >= 0.6 is 0 Å². The normalized spacial score (nSPS) is 48.6. The number of benzene rings is 3. The van der Waals surface area contributed by atoms with E-state index in [-0.39, 0.29) is 0 Å². The van der Waals surface area contributed by atoms with E-state index in [0.29, 0.717) is 0 Å². The van der Waals surface area contributed by atoms with Crippen molar-refractivity contribution in [1.82, 2.24) is 0 Å². The van der Waals surface area contributed by atoms with Crippen LogP contribution < -0.4 is 0 Å². The number of aryl methyl sites for hydroxylation is 1. The van der Waals surface area contributed by atoms with Gasteiger partial charge in [-0.3, -0.25) is 0 Å². The molecule has 0 nitrogen and oxygen atoms in total. The zero-order valence-corrected chi connectivity index (χ0v) is 31.3. The van der Waals surface area contributed by atoms with E-state index in [9.17, 15) is 0 Å². The van der Waals surface area contributed by atoms with Crippen molar-refractivity contribution in [1.29, 1.82) is 0 Å². The van der Waals surface area contributed by atoms with Gasteiger partial charge in [-0.05, 0) is 213 Å². The zero-order chi connectivity index (χ0) is 33.4. The Morgan fingerprint density at radius 3 is 1.53 bits per heavy atom. The Morgan fingerprint density at radius 1 is 0.373 bits per heavy atom. The van der Waals surface area contributed by atoms with Gasteiger partial charge in [0, 0.05) is 0 Å². The van der Waals surface area contributed by atoms with Crippen molar-refractivity contribution >= 4 is 0 Å². The van der Waals surface area contributed by atoms with Gasteiger partial charge in [0.15, 0.2) is 0 Å². The minimum Gasteiger partial charge on any atom is -0.0622 e. The van der Waals surface area contributed by atoms with Crippen molar-refractivity contribution < 1.29 is 0 Å². The molecule has 3 aromatic carbocycles. The third kappa shape index (κ3) is 4.38. The molecule has 51 heavy (non-hydrogen) atoms. The van der Waals surface area contributed by atoms with Crippen LogP contribution in [0.15, 0.2) is 78.9 Å². The monoisotopic (exact) mass is 674 g/mol. The fraction of sp³-hybridized carbons (Fsp3) is 0.647. The first-order chi connectivity index (χ1) is 25.2. The summed E-state index contributed by atoms with van der Waals surface area (Å²) in [5.41, 5.74) is 7.94. The van der Waals surface area contributed by atoms with Crippen molar-refractivity contribution in [3.05, 3.63) is 95.6 Å². The fourth-order valence-corrected chi connectivity index (χ4v) is 18.4. The van der Waals surface area contributed by atoms with E-state index >= 15 is 0 Å². The van der Waals surface area contributed by atoms with Crippen LogP contribution in [0.25, 0.3) is 11.1 Å². The molecule has 9 aliphatic rings. The van der Waals surface area contributed by atoms with Gasteiger partial charge in [-0.15, -0.1) is 0 Å².